The monoisotopic (exact) mass is 317 g/mol. The number of benzene rings is 1. The fourth-order valence-electron chi connectivity index (χ4n) is 1.72. The first-order valence-electron chi connectivity index (χ1n) is 6.43. The highest BCUT2D eigenvalue weighted by molar-refractivity contribution is 7.92. The number of hydrogen-bond acceptors (Lipinski definition) is 3. The summed E-state index contributed by atoms with van der Waals surface area (Å²) in [5.74, 6) is 0. The average Bonchev–Trinajstić information content (AvgIpc) is 2.38. The fraction of sp³-hybridized carbons (Fsp3) is 0.429. The lowest BCUT2D eigenvalue weighted by atomic mass is 10.2. The van der Waals surface area contributed by atoms with Crippen LogP contribution >= 0.6 is 11.6 Å². The second kappa shape index (κ2) is 7.78. The zero-order valence-electron chi connectivity index (χ0n) is 11.7. The molecule has 0 fully saturated rings. The maximum absolute atomic E-state index is 12.2. The minimum absolute atomic E-state index is 0.0281. The molecule has 0 unspecified atom stereocenters. The first kappa shape index (κ1) is 17.2. The first-order valence-corrected chi connectivity index (χ1v) is 8.31. The van der Waals surface area contributed by atoms with Crippen LogP contribution in [0.4, 0.5) is 0 Å². The molecule has 1 aromatic rings. The summed E-state index contributed by atoms with van der Waals surface area (Å²) in [7, 11) is -3.49. The summed E-state index contributed by atoms with van der Waals surface area (Å²) in [4.78, 5) is 0. The molecule has 4 nitrogen and oxygen atoms in total. The average molecular weight is 318 g/mol. The van der Waals surface area contributed by atoms with Crippen LogP contribution in [0.1, 0.15) is 25.8 Å². The van der Waals surface area contributed by atoms with Crippen LogP contribution in [0, 0.1) is 0 Å². The summed E-state index contributed by atoms with van der Waals surface area (Å²) in [6.07, 6.45) is 1.96. The summed E-state index contributed by atoms with van der Waals surface area (Å²) < 4.78 is 25.9. The second-order valence-corrected chi connectivity index (χ2v) is 6.89. The van der Waals surface area contributed by atoms with Crippen LogP contribution < -0.4 is 0 Å². The minimum atomic E-state index is -3.49. The van der Waals surface area contributed by atoms with Crippen molar-refractivity contribution < 1.29 is 13.5 Å². The molecule has 0 aromatic heterocycles. The van der Waals surface area contributed by atoms with Crippen molar-refractivity contribution in [3.05, 3.63) is 40.3 Å². The number of nitrogens with zero attached hydrogens (tertiary/aromatic N) is 1. The van der Waals surface area contributed by atoms with Gasteiger partial charge in [0.25, 0.3) is 0 Å². The number of halogens is 1. The highest BCUT2D eigenvalue weighted by atomic mass is 35.5. The van der Waals surface area contributed by atoms with E-state index >= 15 is 0 Å². The van der Waals surface area contributed by atoms with Gasteiger partial charge in [0.2, 0.25) is 10.0 Å². The molecule has 6 heteroatoms. The van der Waals surface area contributed by atoms with Gasteiger partial charge in [-0.1, -0.05) is 23.7 Å². The molecule has 0 aliphatic heterocycles. The van der Waals surface area contributed by atoms with Gasteiger partial charge in [0.15, 0.2) is 0 Å². The van der Waals surface area contributed by atoms with Crippen molar-refractivity contribution in [1.82, 2.24) is 4.31 Å². The maximum Gasteiger partial charge on any atom is 0.236 e. The van der Waals surface area contributed by atoms with Gasteiger partial charge in [0.1, 0.15) is 0 Å². The van der Waals surface area contributed by atoms with E-state index in [-0.39, 0.29) is 12.6 Å². The van der Waals surface area contributed by atoms with Crippen molar-refractivity contribution in [1.29, 1.82) is 0 Å². The highest BCUT2D eigenvalue weighted by Gasteiger charge is 2.21. The Morgan fingerprint density at radius 2 is 1.90 bits per heavy atom. The van der Waals surface area contributed by atoms with Gasteiger partial charge in [-0.05, 0) is 44.0 Å². The van der Waals surface area contributed by atoms with Gasteiger partial charge in [0.05, 0.1) is 0 Å². The van der Waals surface area contributed by atoms with Crippen molar-refractivity contribution in [2.45, 2.75) is 26.3 Å². The SMILES string of the molecule is CC(C)N(CCCO)S(=O)(=O)/C=C/c1ccc(Cl)cc1. The lowest BCUT2D eigenvalue weighted by Crippen LogP contribution is -2.36. The Hall–Kier alpha value is -0.880. The standard InChI is InChI=1S/C14H20ClNO3S/c1-12(2)16(9-3-10-17)20(18,19)11-8-13-4-6-14(15)7-5-13/h4-8,11-12,17H,3,9-10H2,1-2H3/b11-8+. The number of hydrogen-bond donors (Lipinski definition) is 1. The van der Waals surface area contributed by atoms with Crippen molar-refractivity contribution in [2.75, 3.05) is 13.2 Å². The quantitative estimate of drug-likeness (QED) is 0.841. The van der Waals surface area contributed by atoms with Gasteiger partial charge in [0, 0.05) is 29.6 Å². The smallest absolute Gasteiger partial charge is 0.236 e. The van der Waals surface area contributed by atoms with E-state index in [2.05, 4.69) is 0 Å². The Morgan fingerprint density at radius 1 is 1.30 bits per heavy atom. The molecular formula is C14H20ClNO3S. The van der Waals surface area contributed by atoms with E-state index in [0.29, 0.717) is 18.0 Å². The van der Waals surface area contributed by atoms with Crippen LogP contribution in [-0.2, 0) is 10.0 Å². The first-order chi connectivity index (χ1) is 9.36. The molecule has 1 N–H and O–H groups in total. The van der Waals surface area contributed by atoms with Gasteiger partial charge < -0.3 is 5.11 Å². The molecule has 20 heavy (non-hydrogen) atoms. The van der Waals surface area contributed by atoms with Crippen LogP contribution in [0.2, 0.25) is 5.02 Å². The topological polar surface area (TPSA) is 57.6 Å². The molecule has 0 heterocycles. The summed E-state index contributed by atoms with van der Waals surface area (Å²) in [6, 6.07) is 6.77. The Morgan fingerprint density at radius 3 is 2.40 bits per heavy atom. The molecule has 0 aliphatic carbocycles. The van der Waals surface area contributed by atoms with E-state index in [1.54, 1.807) is 30.3 Å². The molecule has 0 amide bonds. The fourth-order valence-corrected chi connectivity index (χ4v) is 3.31. The largest absolute Gasteiger partial charge is 0.396 e. The molecule has 0 saturated heterocycles. The predicted octanol–water partition coefficient (Wildman–Crippen LogP) is 2.73. The number of aliphatic hydroxyl groups is 1. The zero-order chi connectivity index (χ0) is 15.2. The van der Waals surface area contributed by atoms with Gasteiger partial charge in [-0.15, -0.1) is 0 Å². The molecule has 112 valence electrons. The van der Waals surface area contributed by atoms with E-state index < -0.39 is 10.0 Å². The van der Waals surface area contributed by atoms with Gasteiger partial charge in [-0.25, -0.2) is 8.42 Å². The van der Waals surface area contributed by atoms with E-state index in [9.17, 15) is 8.42 Å². The third kappa shape index (κ3) is 5.25. The molecule has 0 saturated carbocycles. The number of rotatable bonds is 7. The normalized spacial score (nSPS) is 12.7. The number of sulfonamides is 1. The zero-order valence-corrected chi connectivity index (χ0v) is 13.2. The lowest BCUT2D eigenvalue weighted by molar-refractivity contribution is 0.259. The minimum Gasteiger partial charge on any atom is -0.396 e. The Balaban J connectivity index is 2.88. The Kier molecular flexibility index (Phi) is 6.68. The summed E-state index contributed by atoms with van der Waals surface area (Å²) >= 11 is 5.78. The predicted molar refractivity (Wildman–Crippen MR) is 83.0 cm³/mol. The molecule has 0 bridgehead atoms. The van der Waals surface area contributed by atoms with Crippen LogP contribution in [0.25, 0.3) is 6.08 Å². The van der Waals surface area contributed by atoms with E-state index in [4.69, 9.17) is 16.7 Å². The summed E-state index contributed by atoms with van der Waals surface area (Å²) in [6.45, 7) is 3.90. The van der Waals surface area contributed by atoms with Gasteiger partial charge >= 0.3 is 0 Å². The third-order valence-corrected chi connectivity index (χ3v) is 4.73. The van der Waals surface area contributed by atoms with E-state index in [0.717, 1.165) is 5.56 Å². The van der Waals surface area contributed by atoms with Crippen LogP contribution in [-0.4, -0.2) is 37.0 Å². The van der Waals surface area contributed by atoms with Gasteiger partial charge in [-0.2, -0.15) is 4.31 Å². The molecule has 0 atom stereocenters. The van der Waals surface area contributed by atoms with Crippen molar-refractivity contribution in [2.24, 2.45) is 0 Å². The Bertz CT molecular complexity index is 538. The molecule has 0 aliphatic rings. The van der Waals surface area contributed by atoms with Crippen molar-refractivity contribution in [3.8, 4) is 0 Å². The molecule has 0 radical (unpaired) electrons. The Labute approximate surface area is 125 Å². The van der Waals surface area contributed by atoms with E-state index in [1.807, 2.05) is 13.8 Å². The van der Waals surface area contributed by atoms with Crippen LogP contribution in [0.5, 0.6) is 0 Å². The molecule has 1 rings (SSSR count). The molecule has 0 spiro atoms. The van der Waals surface area contributed by atoms with Crippen LogP contribution in [0.15, 0.2) is 29.7 Å². The molecular weight excluding hydrogens is 298 g/mol. The number of aliphatic hydroxyl groups excluding tert-OH is 1. The van der Waals surface area contributed by atoms with Crippen LogP contribution in [0.3, 0.4) is 0 Å². The highest BCUT2D eigenvalue weighted by Crippen LogP contribution is 2.14. The lowest BCUT2D eigenvalue weighted by Gasteiger charge is -2.23. The summed E-state index contributed by atoms with van der Waals surface area (Å²) in [5.41, 5.74) is 0.767. The van der Waals surface area contributed by atoms with Crippen molar-refractivity contribution >= 4 is 27.7 Å². The van der Waals surface area contributed by atoms with Crippen molar-refractivity contribution in [3.63, 3.8) is 0 Å². The van der Waals surface area contributed by atoms with Gasteiger partial charge in [-0.3, -0.25) is 0 Å². The van der Waals surface area contributed by atoms with E-state index in [1.165, 1.54) is 9.71 Å². The molecule has 1 aromatic carbocycles. The maximum atomic E-state index is 12.2. The summed E-state index contributed by atoms with van der Waals surface area (Å²) in [5, 5.41) is 10.6. The second-order valence-electron chi connectivity index (χ2n) is 4.68. The third-order valence-electron chi connectivity index (χ3n) is 2.74.